The number of nitrogens with one attached hydrogen (secondary N) is 1. The van der Waals surface area contributed by atoms with Gasteiger partial charge in [0.05, 0.1) is 11.4 Å². The average molecular weight is 546 g/mol. The van der Waals surface area contributed by atoms with E-state index < -0.39 is 11.4 Å². The number of amides is 2. The van der Waals surface area contributed by atoms with Gasteiger partial charge in [-0.1, -0.05) is 24.3 Å². The number of carbonyl (C=O) groups excluding carboxylic acids is 2. The van der Waals surface area contributed by atoms with Crippen LogP contribution in [0.4, 0.5) is 15.0 Å². The van der Waals surface area contributed by atoms with Gasteiger partial charge >= 0.3 is 6.09 Å². The molecule has 0 bridgehead atoms. The minimum Gasteiger partial charge on any atom is -0.444 e. The van der Waals surface area contributed by atoms with E-state index in [4.69, 9.17) is 15.6 Å². The normalized spacial score (nSPS) is 15.7. The van der Waals surface area contributed by atoms with E-state index >= 15 is 0 Å². The Balaban J connectivity index is 1.36. The zero-order valence-corrected chi connectivity index (χ0v) is 22.7. The van der Waals surface area contributed by atoms with Crippen LogP contribution in [0.1, 0.15) is 55.6 Å². The number of nitrogens with two attached hydrogens (primary N) is 1. The number of halogens is 1. The molecule has 1 aliphatic rings. The Labute approximate surface area is 231 Å². The molecular formula is C29H32FN7O3. The molecule has 2 aromatic carbocycles. The fraction of sp³-hybridized carbons (Fsp3) is 0.345. The quantitative estimate of drug-likeness (QED) is 0.371. The third-order valence-electron chi connectivity index (χ3n) is 6.70. The molecule has 0 aliphatic carbocycles. The standard InChI is InChI=1S/C29H32FN7O3/c1-29(2,3)40-28(39)36-14-4-5-22(16-36)37-26-23(25(31)33-17-34-26)24(35-37)19-8-6-18(7-9-19)15-32-27(38)20-10-12-21(30)13-11-20/h6-13,17,22H,4-5,14-16H2,1-3H3,(H,32,38)(H2,31,33,34)/t22-/m1/s1. The highest BCUT2D eigenvalue weighted by molar-refractivity contribution is 5.98. The molecule has 5 rings (SSSR count). The van der Waals surface area contributed by atoms with Crippen LogP contribution >= 0.6 is 0 Å². The summed E-state index contributed by atoms with van der Waals surface area (Å²) in [7, 11) is 0. The first-order valence-electron chi connectivity index (χ1n) is 13.2. The van der Waals surface area contributed by atoms with Crippen molar-refractivity contribution in [1.29, 1.82) is 0 Å². The second-order valence-corrected chi connectivity index (χ2v) is 10.9. The molecule has 1 saturated heterocycles. The van der Waals surface area contributed by atoms with Crippen molar-refractivity contribution < 1.29 is 18.7 Å². The molecule has 0 radical (unpaired) electrons. The van der Waals surface area contributed by atoms with Gasteiger partial charge in [-0.15, -0.1) is 0 Å². The number of piperidine rings is 1. The molecule has 2 aromatic heterocycles. The largest absolute Gasteiger partial charge is 0.444 e. The molecule has 2 amide bonds. The summed E-state index contributed by atoms with van der Waals surface area (Å²) in [4.78, 5) is 35.5. The summed E-state index contributed by atoms with van der Waals surface area (Å²) in [6.45, 7) is 6.92. The molecule has 0 saturated carbocycles. The number of rotatable bonds is 5. The van der Waals surface area contributed by atoms with Gasteiger partial charge < -0.3 is 20.7 Å². The lowest BCUT2D eigenvalue weighted by Crippen LogP contribution is -2.43. The Hall–Kier alpha value is -4.54. The summed E-state index contributed by atoms with van der Waals surface area (Å²) in [5.74, 6) is -0.356. The van der Waals surface area contributed by atoms with E-state index in [1.807, 2.05) is 49.7 Å². The van der Waals surface area contributed by atoms with Crippen LogP contribution in [0.15, 0.2) is 54.9 Å². The van der Waals surface area contributed by atoms with E-state index in [0.29, 0.717) is 47.7 Å². The van der Waals surface area contributed by atoms with Gasteiger partial charge in [-0.05, 0) is 63.4 Å². The number of aromatic nitrogens is 4. The molecule has 40 heavy (non-hydrogen) atoms. The first kappa shape index (κ1) is 27.0. The van der Waals surface area contributed by atoms with Crippen LogP contribution in [0.3, 0.4) is 0 Å². The summed E-state index contributed by atoms with van der Waals surface area (Å²) < 4.78 is 20.6. The van der Waals surface area contributed by atoms with Crippen LogP contribution in [0.5, 0.6) is 0 Å². The van der Waals surface area contributed by atoms with Crippen LogP contribution < -0.4 is 11.1 Å². The molecule has 11 heteroatoms. The topological polar surface area (TPSA) is 128 Å². The maximum Gasteiger partial charge on any atom is 0.410 e. The maximum absolute atomic E-state index is 13.1. The van der Waals surface area contributed by atoms with Crippen LogP contribution in [-0.2, 0) is 11.3 Å². The maximum atomic E-state index is 13.1. The lowest BCUT2D eigenvalue weighted by Gasteiger charge is -2.34. The minimum absolute atomic E-state index is 0.104. The van der Waals surface area contributed by atoms with E-state index in [1.54, 1.807) is 4.90 Å². The summed E-state index contributed by atoms with van der Waals surface area (Å²) in [5, 5.41) is 8.41. The van der Waals surface area contributed by atoms with Gasteiger partial charge in [-0.2, -0.15) is 5.10 Å². The molecule has 1 atom stereocenters. The number of nitrogen functional groups attached to an aromatic ring is 1. The van der Waals surface area contributed by atoms with E-state index in [9.17, 15) is 14.0 Å². The van der Waals surface area contributed by atoms with Gasteiger partial charge in [0, 0.05) is 30.8 Å². The molecule has 1 fully saturated rings. The van der Waals surface area contributed by atoms with Crippen LogP contribution in [0.25, 0.3) is 22.3 Å². The van der Waals surface area contributed by atoms with Crippen molar-refractivity contribution in [3.05, 3.63) is 71.8 Å². The molecular weight excluding hydrogens is 513 g/mol. The third kappa shape index (κ3) is 5.88. The number of likely N-dealkylation sites (tertiary alicyclic amines) is 1. The van der Waals surface area contributed by atoms with Crippen LogP contribution in [0, 0.1) is 5.82 Å². The van der Waals surface area contributed by atoms with Gasteiger partial charge in [-0.3, -0.25) is 4.79 Å². The molecule has 3 heterocycles. The zero-order valence-electron chi connectivity index (χ0n) is 22.7. The second-order valence-electron chi connectivity index (χ2n) is 10.9. The fourth-order valence-electron chi connectivity index (χ4n) is 4.76. The summed E-state index contributed by atoms with van der Waals surface area (Å²) >= 11 is 0. The summed E-state index contributed by atoms with van der Waals surface area (Å²) in [6.07, 6.45) is 2.71. The van der Waals surface area contributed by atoms with Crippen molar-refractivity contribution in [1.82, 2.24) is 30.0 Å². The van der Waals surface area contributed by atoms with Crippen molar-refractivity contribution >= 4 is 28.9 Å². The Bertz CT molecular complexity index is 1530. The summed E-state index contributed by atoms with van der Waals surface area (Å²) in [5.41, 5.74) is 9.06. The van der Waals surface area contributed by atoms with E-state index in [2.05, 4.69) is 15.3 Å². The van der Waals surface area contributed by atoms with Crippen molar-refractivity contribution in [2.75, 3.05) is 18.8 Å². The SMILES string of the molecule is CC(C)(C)OC(=O)N1CCC[C@@H](n2nc(-c3ccc(CNC(=O)c4ccc(F)cc4)cc3)c3c(N)ncnc32)C1. The van der Waals surface area contributed by atoms with E-state index in [0.717, 1.165) is 24.0 Å². The van der Waals surface area contributed by atoms with Crippen molar-refractivity contribution in [3.63, 3.8) is 0 Å². The molecule has 4 aromatic rings. The highest BCUT2D eigenvalue weighted by Crippen LogP contribution is 2.34. The Morgan fingerprint density at radius 1 is 1.10 bits per heavy atom. The predicted octanol–water partition coefficient (Wildman–Crippen LogP) is 4.72. The Morgan fingerprint density at radius 3 is 2.52 bits per heavy atom. The number of anilines is 1. The van der Waals surface area contributed by atoms with Crippen molar-refractivity contribution in [2.24, 2.45) is 0 Å². The fourth-order valence-corrected chi connectivity index (χ4v) is 4.76. The van der Waals surface area contributed by atoms with Gasteiger partial charge in [0.25, 0.3) is 5.91 Å². The number of hydrogen-bond donors (Lipinski definition) is 2. The second kappa shape index (κ2) is 10.9. The van der Waals surface area contributed by atoms with E-state index in [1.165, 1.54) is 30.6 Å². The van der Waals surface area contributed by atoms with Gasteiger partial charge in [0.15, 0.2) is 5.65 Å². The van der Waals surface area contributed by atoms with Gasteiger partial charge in [-0.25, -0.2) is 23.8 Å². The minimum atomic E-state index is -0.576. The van der Waals surface area contributed by atoms with E-state index in [-0.39, 0.29) is 18.0 Å². The predicted molar refractivity (Wildman–Crippen MR) is 149 cm³/mol. The number of ether oxygens (including phenoxy) is 1. The lowest BCUT2D eigenvalue weighted by atomic mass is 10.1. The Morgan fingerprint density at radius 2 is 1.82 bits per heavy atom. The van der Waals surface area contributed by atoms with Crippen LogP contribution in [-0.4, -0.2) is 55.3 Å². The van der Waals surface area contributed by atoms with Gasteiger partial charge in [0.2, 0.25) is 0 Å². The highest BCUT2D eigenvalue weighted by Gasteiger charge is 2.31. The molecule has 208 valence electrons. The van der Waals surface area contributed by atoms with Crippen LogP contribution in [0.2, 0.25) is 0 Å². The molecule has 0 spiro atoms. The number of fused-ring (bicyclic) bond motifs is 1. The number of hydrogen-bond acceptors (Lipinski definition) is 7. The molecule has 1 aliphatic heterocycles. The molecule has 10 nitrogen and oxygen atoms in total. The van der Waals surface area contributed by atoms with Crippen molar-refractivity contribution in [2.45, 2.75) is 51.8 Å². The monoisotopic (exact) mass is 545 g/mol. The summed E-state index contributed by atoms with van der Waals surface area (Å²) in [6, 6.07) is 12.9. The smallest absolute Gasteiger partial charge is 0.410 e. The molecule has 3 N–H and O–H groups in total. The Kier molecular flexibility index (Phi) is 7.38. The first-order chi connectivity index (χ1) is 19.1. The third-order valence-corrected chi connectivity index (χ3v) is 6.70. The average Bonchev–Trinajstić information content (AvgIpc) is 3.33. The van der Waals surface area contributed by atoms with Gasteiger partial charge in [0.1, 0.15) is 29.3 Å². The van der Waals surface area contributed by atoms with Crippen molar-refractivity contribution in [3.8, 4) is 11.3 Å². The first-order valence-corrected chi connectivity index (χ1v) is 13.2. The number of nitrogens with zero attached hydrogens (tertiary/aromatic N) is 5. The zero-order chi connectivity index (χ0) is 28.4. The molecule has 0 unspecified atom stereocenters. The number of benzene rings is 2. The lowest BCUT2D eigenvalue weighted by molar-refractivity contribution is 0.0169. The highest BCUT2D eigenvalue weighted by atomic mass is 19.1. The number of carbonyl (C=O) groups is 2.